The van der Waals surface area contributed by atoms with E-state index >= 15 is 0 Å². The van der Waals surface area contributed by atoms with E-state index in [2.05, 4.69) is 24.0 Å². The van der Waals surface area contributed by atoms with Gasteiger partial charge < -0.3 is 9.63 Å². The molecule has 2 aromatic rings. The number of hydrogen-bond donors (Lipinski definition) is 1. The van der Waals surface area contributed by atoms with Crippen LogP contribution in [0.4, 0.5) is 0 Å². The molecule has 1 aromatic carbocycles. The quantitative estimate of drug-likeness (QED) is 0.823. The minimum atomic E-state index is 0.0766. The van der Waals surface area contributed by atoms with Crippen LogP contribution in [-0.4, -0.2) is 15.2 Å². The summed E-state index contributed by atoms with van der Waals surface area (Å²) in [5.74, 6) is 2.64. The first-order valence-corrected chi connectivity index (χ1v) is 7.30. The van der Waals surface area contributed by atoms with E-state index in [-0.39, 0.29) is 6.61 Å². The number of thioether (sulfide) groups is 1. The molecule has 0 radical (unpaired) electrons. The smallest absolute Gasteiger partial charge is 0.237 e. The lowest BCUT2D eigenvalue weighted by molar-refractivity contribution is 0.282. The fourth-order valence-electron chi connectivity index (χ4n) is 1.63. The van der Waals surface area contributed by atoms with Crippen LogP contribution < -0.4 is 0 Å². The summed E-state index contributed by atoms with van der Waals surface area (Å²) in [7, 11) is 0. The van der Waals surface area contributed by atoms with Crippen molar-refractivity contribution in [1.82, 2.24) is 10.1 Å². The summed E-state index contributed by atoms with van der Waals surface area (Å²) in [5.41, 5.74) is 0.918. The summed E-state index contributed by atoms with van der Waals surface area (Å²) in [6, 6.07) is 7.81. The van der Waals surface area contributed by atoms with Crippen molar-refractivity contribution in [3.05, 3.63) is 41.5 Å². The molecule has 0 amide bonds. The van der Waals surface area contributed by atoms with Gasteiger partial charge in [0.25, 0.3) is 0 Å². The van der Waals surface area contributed by atoms with Gasteiger partial charge in [0.15, 0.2) is 5.82 Å². The topological polar surface area (TPSA) is 59.2 Å². The number of nitrogens with zero attached hydrogens (tertiary/aromatic N) is 2. The summed E-state index contributed by atoms with van der Waals surface area (Å²) in [6.45, 7) is 4.34. The molecule has 1 N–H and O–H groups in total. The second-order valence-corrected chi connectivity index (χ2v) is 5.84. The van der Waals surface area contributed by atoms with E-state index in [4.69, 9.17) is 9.63 Å². The van der Waals surface area contributed by atoms with Crippen molar-refractivity contribution in [2.24, 2.45) is 5.92 Å². The molecule has 0 aliphatic rings. The van der Waals surface area contributed by atoms with Crippen LogP contribution in [0.3, 0.4) is 0 Å². The molecule has 0 aliphatic heterocycles. The van der Waals surface area contributed by atoms with Crippen LogP contribution in [-0.2, 0) is 18.8 Å². The summed E-state index contributed by atoms with van der Waals surface area (Å²) in [6.07, 6.45) is 0.847. The molecule has 0 bridgehead atoms. The Balaban J connectivity index is 1.89. The van der Waals surface area contributed by atoms with E-state index in [1.165, 1.54) is 0 Å². The molecule has 102 valence electrons. The number of hydrogen-bond acceptors (Lipinski definition) is 5. The molecule has 0 saturated heterocycles. The van der Waals surface area contributed by atoms with Gasteiger partial charge >= 0.3 is 0 Å². The Hall–Kier alpha value is -1.33. The maximum Gasteiger partial charge on any atom is 0.237 e. The van der Waals surface area contributed by atoms with E-state index in [0.717, 1.165) is 22.7 Å². The largest absolute Gasteiger partial charge is 0.392 e. The second kappa shape index (κ2) is 6.73. The molecule has 0 atom stereocenters. The maximum absolute atomic E-state index is 8.97. The molecule has 0 aliphatic carbocycles. The normalized spacial score (nSPS) is 11.2. The molecule has 4 nitrogen and oxygen atoms in total. The van der Waals surface area contributed by atoms with Gasteiger partial charge in [0, 0.05) is 11.3 Å². The third kappa shape index (κ3) is 4.36. The molecule has 0 unspecified atom stereocenters. The SMILES string of the molecule is CC(C)Cc1noc(CSc2ccc(CO)cc2)n1. The van der Waals surface area contributed by atoms with Crippen LogP contribution in [0.1, 0.15) is 31.1 Å². The van der Waals surface area contributed by atoms with E-state index in [1.54, 1.807) is 11.8 Å². The standard InChI is InChI=1S/C14H18N2O2S/c1-10(2)7-13-15-14(18-16-13)9-19-12-5-3-11(8-17)4-6-12/h3-6,10,17H,7-9H2,1-2H3. The zero-order valence-corrected chi connectivity index (χ0v) is 12.0. The summed E-state index contributed by atoms with van der Waals surface area (Å²) in [4.78, 5) is 5.49. The fraction of sp³-hybridized carbons (Fsp3) is 0.429. The summed E-state index contributed by atoms with van der Waals surface area (Å²) >= 11 is 1.65. The highest BCUT2D eigenvalue weighted by Gasteiger charge is 2.08. The van der Waals surface area contributed by atoms with Crippen LogP contribution in [0.25, 0.3) is 0 Å². The zero-order valence-electron chi connectivity index (χ0n) is 11.2. The Kier molecular flexibility index (Phi) is 4.99. The van der Waals surface area contributed by atoms with Crippen molar-refractivity contribution in [3.8, 4) is 0 Å². The molecule has 19 heavy (non-hydrogen) atoms. The van der Waals surface area contributed by atoms with Crippen LogP contribution in [0.15, 0.2) is 33.7 Å². The Labute approximate surface area is 117 Å². The predicted molar refractivity (Wildman–Crippen MR) is 74.8 cm³/mol. The third-order valence-corrected chi connectivity index (χ3v) is 3.57. The predicted octanol–water partition coefficient (Wildman–Crippen LogP) is 3.05. The lowest BCUT2D eigenvalue weighted by Gasteiger charge is -2.00. The van der Waals surface area contributed by atoms with Gasteiger partial charge in [-0.25, -0.2) is 0 Å². The highest BCUT2D eigenvalue weighted by atomic mass is 32.2. The van der Waals surface area contributed by atoms with E-state index in [0.29, 0.717) is 17.6 Å². The van der Waals surface area contributed by atoms with Crippen molar-refractivity contribution in [1.29, 1.82) is 0 Å². The Bertz CT molecular complexity index is 508. The highest BCUT2D eigenvalue weighted by Crippen LogP contribution is 2.22. The molecule has 5 heteroatoms. The van der Waals surface area contributed by atoms with Gasteiger partial charge in [0.2, 0.25) is 5.89 Å². The molecular weight excluding hydrogens is 260 g/mol. The van der Waals surface area contributed by atoms with Crippen molar-refractivity contribution in [2.75, 3.05) is 0 Å². The molecule has 0 fully saturated rings. The Morgan fingerprint density at radius 1 is 1.26 bits per heavy atom. The first-order valence-electron chi connectivity index (χ1n) is 6.31. The van der Waals surface area contributed by atoms with E-state index in [9.17, 15) is 0 Å². The zero-order chi connectivity index (χ0) is 13.7. The molecule has 0 spiro atoms. The number of aliphatic hydroxyl groups excluding tert-OH is 1. The van der Waals surface area contributed by atoms with Gasteiger partial charge in [-0.2, -0.15) is 4.98 Å². The lowest BCUT2D eigenvalue weighted by Crippen LogP contribution is -1.96. The van der Waals surface area contributed by atoms with Gasteiger partial charge in [-0.1, -0.05) is 31.1 Å². The number of benzene rings is 1. The van der Waals surface area contributed by atoms with Crippen molar-refractivity contribution in [3.63, 3.8) is 0 Å². The van der Waals surface area contributed by atoms with E-state index in [1.807, 2.05) is 24.3 Å². The summed E-state index contributed by atoms with van der Waals surface area (Å²) < 4.78 is 5.21. The molecule has 1 heterocycles. The monoisotopic (exact) mass is 278 g/mol. The average Bonchev–Trinajstić information content (AvgIpc) is 2.84. The van der Waals surface area contributed by atoms with Crippen LogP contribution >= 0.6 is 11.8 Å². The van der Waals surface area contributed by atoms with Crippen LogP contribution in [0.2, 0.25) is 0 Å². The number of rotatable bonds is 6. The van der Waals surface area contributed by atoms with Gasteiger partial charge in [-0.05, 0) is 23.6 Å². The fourth-order valence-corrected chi connectivity index (χ4v) is 2.37. The van der Waals surface area contributed by atoms with Gasteiger partial charge in [0.05, 0.1) is 12.4 Å². The molecular formula is C14H18N2O2S. The second-order valence-electron chi connectivity index (χ2n) is 4.79. The van der Waals surface area contributed by atoms with Crippen molar-refractivity contribution < 1.29 is 9.63 Å². The van der Waals surface area contributed by atoms with Gasteiger partial charge in [-0.15, -0.1) is 11.8 Å². The average molecular weight is 278 g/mol. The third-order valence-electron chi connectivity index (χ3n) is 2.57. The van der Waals surface area contributed by atoms with Crippen molar-refractivity contribution in [2.45, 2.75) is 37.5 Å². The molecule has 1 aromatic heterocycles. The first-order chi connectivity index (χ1) is 9.17. The van der Waals surface area contributed by atoms with Crippen molar-refractivity contribution >= 4 is 11.8 Å². The number of aliphatic hydroxyl groups is 1. The minimum absolute atomic E-state index is 0.0766. The summed E-state index contributed by atoms with van der Waals surface area (Å²) in [5, 5.41) is 12.9. The minimum Gasteiger partial charge on any atom is -0.392 e. The molecule has 2 rings (SSSR count). The lowest BCUT2D eigenvalue weighted by atomic mass is 10.1. The number of aromatic nitrogens is 2. The Morgan fingerprint density at radius 3 is 2.63 bits per heavy atom. The highest BCUT2D eigenvalue weighted by molar-refractivity contribution is 7.98. The maximum atomic E-state index is 8.97. The Morgan fingerprint density at radius 2 is 2.00 bits per heavy atom. The van der Waals surface area contributed by atoms with Gasteiger partial charge in [0.1, 0.15) is 0 Å². The van der Waals surface area contributed by atoms with Crippen LogP contribution in [0, 0.1) is 5.92 Å². The molecule has 0 saturated carbocycles. The van der Waals surface area contributed by atoms with Gasteiger partial charge in [-0.3, -0.25) is 0 Å². The van der Waals surface area contributed by atoms with Crippen LogP contribution in [0.5, 0.6) is 0 Å². The van der Waals surface area contributed by atoms with E-state index < -0.39 is 0 Å². The first kappa shape index (κ1) is 14.1.